The summed E-state index contributed by atoms with van der Waals surface area (Å²) in [5, 5.41) is 2.85. The van der Waals surface area contributed by atoms with Crippen LogP contribution in [0.15, 0.2) is 24.3 Å². The minimum atomic E-state index is -0.0941. The van der Waals surface area contributed by atoms with Crippen LogP contribution in [0.1, 0.15) is 11.4 Å². The van der Waals surface area contributed by atoms with Crippen molar-refractivity contribution in [2.75, 3.05) is 45.1 Å². The predicted octanol–water partition coefficient (Wildman–Crippen LogP) is 0.871. The molecular weight excluding hydrogens is 320 g/mol. The lowest BCUT2D eigenvalue weighted by atomic mass is 10.1. The summed E-state index contributed by atoms with van der Waals surface area (Å²) in [5.41, 5.74) is 0.914. The molecule has 8 heteroatoms. The van der Waals surface area contributed by atoms with E-state index in [1.165, 1.54) is 0 Å². The summed E-state index contributed by atoms with van der Waals surface area (Å²) in [5.74, 6) is 2.30. The molecule has 0 saturated carbocycles. The van der Waals surface area contributed by atoms with E-state index >= 15 is 0 Å². The molecule has 8 nitrogen and oxygen atoms in total. The van der Waals surface area contributed by atoms with Crippen molar-refractivity contribution in [3.05, 3.63) is 35.7 Å². The summed E-state index contributed by atoms with van der Waals surface area (Å²) in [6.45, 7) is 0.249. The minimum Gasteiger partial charge on any atom is -0.497 e. The van der Waals surface area contributed by atoms with Crippen molar-refractivity contribution >= 4 is 17.8 Å². The maximum absolute atomic E-state index is 12.1. The first-order valence-corrected chi connectivity index (χ1v) is 7.88. The van der Waals surface area contributed by atoms with Crippen LogP contribution in [0.5, 0.6) is 5.75 Å². The van der Waals surface area contributed by atoms with Gasteiger partial charge in [-0.15, -0.1) is 0 Å². The van der Waals surface area contributed by atoms with E-state index in [4.69, 9.17) is 4.74 Å². The molecule has 25 heavy (non-hydrogen) atoms. The van der Waals surface area contributed by atoms with Gasteiger partial charge in [0, 0.05) is 28.2 Å². The number of methoxy groups -OCH3 is 1. The molecule has 0 aliphatic carbocycles. The number of aromatic nitrogens is 3. The van der Waals surface area contributed by atoms with Gasteiger partial charge in [-0.05, 0) is 17.7 Å². The number of hydrogen-bond acceptors (Lipinski definition) is 7. The highest BCUT2D eigenvalue weighted by Gasteiger charge is 2.11. The molecule has 1 N–H and O–H groups in total. The number of carbonyl (C=O) groups excluding carboxylic acids is 1. The maximum Gasteiger partial charge on any atom is 0.229 e. The van der Waals surface area contributed by atoms with Crippen LogP contribution in [0.3, 0.4) is 0 Å². The summed E-state index contributed by atoms with van der Waals surface area (Å²) < 4.78 is 5.11. The Morgan fingerprint density at radius 2 is 1.56 bits per heavy atom. The lowest BCUT2D eigenvalue weighted by Gasteiger charge is -2.16. The Bertz CT molecular complexity index is 689. The van der Waals surface area contributed by atoms with Crippen molar-refractivity contribution in [1.82, 2.24) is 20.3 Å². The van der Waals surface area contributed by atoms with Crippen LogP contribution in [0.2, 0.25) is 0 Å². The van der Waals surface area contributed by atoms with E-state index in [1.807, 2.05) is 52.5 Å². The van der Waals surface area contributed by atoms with E-state index in [0.29, 0.717) is 17.7 Å². The lowest BCUT2D eigenvalue weighted by molar-refractivity contribution is -0.120. The molecule has 2 aromatic rings. The Hall–Kier alpha value is -2.90. The van der Waals surface area contributed by atoms with E-state index in [9.17, 15) is 4.79 Å². The van der Waals surface area contributed by atoms with Gasteiger partial charge in [0.05, 0.1) is 20.1 Å². The van der Waals surface area contributed by atoms with Gasteiger partial charge in [0.25, 0.3) is 0 Å². The number of nitrogens with zero attached hydrogens (tertiary/aromatic N) is 5. The van der Waals surface area contributed by atoms with E-state index < -0.39 is 0 Å². The van der Waals surface area contributed by atoms with Crippen LogP contribution in [0.25, 0.3) is 0 Å². The fourth-order valence-corrected chi connectivity index (χ4v) is 2.04. The molecule has 0 spiro atoms. The number of ether oxygens (including phenoxy) is 1. The fraction of sp³-hybridized carbons (Fsp3) is 0.412. The van der Waals surface area contributed by atoms with Gasteiger partial charge < -0.3 is 19.9 Å². The SMILES string of the molecule is COc1ccc(CC(=O)NCc2nc(N(C)C)nc(N(C)C)n2)cc1. The Labute approximate surface area is 147 Å². The molecule has 134 valence electrons. The number of carbonyl (C=O) groups is 1. The van der Waals surface area contributed by atoms with Gasteiger partial charge in [-0.1, -0.05) is 12.1 Å². The molecule has 0 aliphatic rings. The third kappa shape index (κ3) is 5.30. The second kappa shape index (κ2) is 8.27. The summed E-state index contributed by atoms with van der Waals surface area (Å²) in [4.78, 5) is 28.8. The molecule has 2 rings (SSSR count). The van der Waals surface area contributed by atoms with Crippen molar-refractivity contribution < 1.29 is 9.53 Å². The third-order valence-electron chi connectivity index (χ3n) is 3.43. The van der Waals surface area contributed by atoms with Crippen LogP contribution in [0, 0.1) is 0 Å². The topological polar surface area (TPSA) is 83.5 Å². The molecular formula is C17H24N6O2. The third-order valence-corrected chi connectivity index (χ3v) is 3.43. The van der Waals surface area contributed by atoms with Crippen molar-refractivity contribution in [1.29, 1.82) is 0 Å². The predicted molar refractivity (Wildman–Crippen MR) is 97.0 cm³/mol. The van der Waals surface area contributed by atoms with Crippen LogP contribution in [0.4, 0.5) is 11.9 Å². The smallest absolute Gasteiger partial charge is 0.229 e. The van der Waals surface area contributed by atoms with Crippen LogP contribution >= 0.6 is 0 Å². The van der Waals surface area contributed by atoms with Crippen molar-refractivity contribution in [3.8, 4) is 5.75 Å². The minimum absolute atomic E-state index is 0.0941. The van der Waals surface area contributed by atoms with Gasteiger partial charge >= 0.3 is 0 Å². The Morgan fingerprint density at radius 1 is 1.00 bits per heavy atom. The van der Waals surface area contributed by atoms with Gasteiger partial charge in [0.2, 0.25) is 17.8 Å². The quantitative estimate of drug-likeness (QED) is 0.798. The van der Waals surface area contributed by atoms with Crippen molar-refractivity contribution in [3.63, 3.8) is 0 Å². The van der Waals surface area contributed by atoms with Gasteiger partial charge in [-0.3, -0.25) is 4.79 Å². The second-order valence-corrected chi connectivity index (χ2v) is 5.94. The van der Waals surface area contributed by atoms with Crippen LogP contribution in [-0.4, -0.2) is 56.2 Å². The molecule has 0 aliphatic heterocycles. The first kappa shape index (κ1) is 18.4. The summed E-state index contributed by atoms with van der Waals surface area (Å²) in [6.07, 6.45) is 0.288. The zero-order valence-corrected chi connectivity index (χ0v) is 15.3. The highest BCUT2D eigenvalue weighted by Crippen LogP contribution is 2.12. The Balaban J connectivity index is 2.00. The average Bonchev–Trinajstić information content (AvgIpc) is 2.60. The maximum atomic E-state index is 12.1. The molecule has 0 radical (unpaired) electrons. The number of hydrogen-bond donors (Lipinski definition) is 1. The van der Waals surface area contributed by atoms with E-state index in [2.05, 4.69) is 20.3 Å². The number of nitrogens with one attached hydrogen (secondary N) is 1. The average molecular weight is 344 g/mol. The highest BCUT2D eigenvalue weighted by molar-refractivity contribution is 5.78. The first-order valence-electron chi connectivity index (χ1n) is 7.88. The van der Waals surface area contributed by atoms with Crippen LogP contribution < -0.4 is 19.9 Å². The molecule has 0 atom stereocenters. The Kier molecular flexibility index (Phi) is 6.10. The largest absolute Gasteiger partial charge is 0.497 e. The van der Waals surface area contributed by atoms with E-state index in [-0.39, 0.29) is 18.9 Å². The monoisotopic (exact) mass is 344 g/mol. The highest BCUT2D eigenvalue weighted by atomic mass is 16.5. The van der Waals surface area contributed by atoms with Gasteiger partial charge in [0.15, 0.2) is 5.82 Å². The number of benzene rings is 1. The van der Waals surface area contributed by atoms with E-state index in [0.717, 1.165) is 11.3 Å². The molecule has 1 heterocycles. The summed E-state index contributed by atoms with van der Waals surface area (Å²) in [6, 6.07) is 7.41. The zero-order valence-electron chi connectivity index (χ0n) is 15.3. The lowest BCUT2D eigenvalue weighted by Crippen LogP contribution is -2.27. The van der Waals surface area contributed by atoms with Crippen LogP contribution in [-0.2, 0) is 17.8 Å². The zero-order chi connectivity index (χ0) is 18.4. The molecule has 1 aromatic heterocycles. The number of anilines is 2. The standard InChI is InChI=1S/C17H24N6O2/c1-22(2)16-19-14(20-17(21-16)23(3)4)11-18-15(24)10-12-6-8-13(25-5)9-7-12/h6-9H,10-11H2,1-5H3,(H,18,24). The Morgan fingerprint density at radius 3 is 2.04 bits per heavy atom. The normalized spacial score (nSPS) is 10.3. The van der Waals surface area contributed by atoms with Gasteiger partial charge in [-0.25, -0.2) is 0 Å². The fourth-order valence-electron chi connectivity index (χ4n) is 2.04. The van der Waals surface area contributed by atoms with E-state index in [1.54, 1.807) is 16.9 Å². The molecule has 0 unspecified atom stereocenters. The molecule has 0 fully saturated rings. The molecule has 1 amide bonds. The van der Waals surface area contributed by atoms with Gasteiger partial charge in [-0.2, -0.15) is 15.0 Å². The second-order valence-electron chi connectivity index (χ2n) is 5.94. The summed E-state index contributed by atoms with van der Waals surface area (Å²) >= 11 is 0. The number of rotatable bonds is 7. The molecule has 1 aromatic carbocycles. The van der Waals surface area contributed by atoms with Gasteiger partial charge in [0.1, 0.15) is 5.75 Å². The van der Waals surface area contributed by atoms with Crippen molar-refractivity contribution in [2.24, 2.45) is 0 Å². The molecule has 0 saturated heterocycles. The first-order chi connectivity index (χ1) is 11.9. The summed E-state index contributed by atoms with van der Waals surface area (Å²) in [7, 11) is 9.06. The number of amides is 1. The van der Waals surface area contributed by atoms with Crippen molar-refractivity contribution in [2.45, 2.75) is 13.0 Å². The molecule has 0 bridgehead atoms.